The van der Waals surface area contributed by atoms with E-state index < -0.39 is 0 Å². The second kappa shape index (κ2) is 9.11. The third-order valence-corrected chi connectivity index (χ3v) is 5.09. The molecule has 2 unspecified atom stereocenters. The number of nitrogens with one attached hydrogen (secondary N) is 2. The third-order valence-electron chi connectivity index (χ3n) is 3.36. The molecule has 118 valence electrons. The first-order valence-corrected chi connectivity index (χ1v) is 8.41. The number of carbonyl (C=O) groups excluding carboxylic acids is 1. The van der Waals surface area contributed by atoms with Crippen molar-refractivity contribution >= 4 is 53.3 Å². The summed E-state index contributed by atoms with van der Waals surface area (Å²) in [5.74, 6) is 0.384. The lowest BCUT2D eigenvalue weighted by Gasteiger charge is -2.30. The van der Waals surface area contributed by atoms with E-state index in [1.807, 2.05) is 0 Å². The molecule has 0 radical (unpaired) electrons. The van der Waals surface area contributed by atoms with Crippen LogP contribution in [0.15, 0.2) is 23.1 Å². The van der Waals surface area contributed by atoms with E-state index in [-0.39, 0.29) is 24.4 Å². The van der Waals surface area contributed by atoms with Crippen LogP contribution in [0.3, 0.4) is 0 Å². The molecule has 0 aliphatic carbocycles. The molecule has 7 heteroatoms. The van der Waals surface area contributed by atoms with Crippen molar-refractivity contribution in [1.29, 1.82) is 0 Å². The van der Waals surface area contributed by atoms with Gasteiger partial charge in [-0.3, -0.25) is 4.79 Å². The molecule has 1 saturated heterocycles. The van der Waals surface area contributed by atoms with Gasteiger partial charge in [0, 0.05) is 22.0 Å². The molecule has 0 bridgehead atoms. The maximum atomic E-state index is 12.0. The van der Waals surface area contributed by atoms with Gasteiger partial charge in [0.15, 0.2) is 0 Å². The fraction of sp³-hybridized carbons (Fsp3) is 0.500. The number of hydrogen-bond acceptors (Lipinski definition) is 3. The summed E-state index contributed by atoms with van der Waals surface area (Å²) < 4.78 is 0. The zero-order valence-corrected chi connectivity index (χ0v) is 14.8. The third kappa shape index (κ3) is 5.87. The van der Waals surface area contributed by atoms with Crippen molar-refractivity contribution in [1.82, 2.24) is 10.6 Å². The monoisotopic (exact) mass is 368 g/mol. The van der Waals surface area contributed by atoms with Crippen LogP contribution in [-0.4, -0.2) is 30.3 Å². The van der Waals surface area contributed by atoms with Crippen molar-refractivity contribution in [2.75, 3.05) is 12.3 Å². The van der Waals surface area contributed by atoms with E-state index >= 15 is 0 Å². The number of halogens is 3. The highest BCUT2D eigenvalue weighted by molar-refractivity contribution is 8.00. The van der Waals surface area contributed by atoms with Crippen LogP contribution in [0.4, 0.5) is 0 Å². The van der Waals surface area contributed by atoms with Gasteiger partial charge in [-0.2, -0.15) is 0 Å². The number of rotatable bonds is 4. The first kappa shape index (κ1) is 18.9. The van der Waals surface area contributed by atoms with E-state index in [0.29, 0.717) is 21.8 Å². The van der Waals surface area contributed by atoms with Crippen molar-refractivity contribution in [2.45, 2.75) is 36.7 Å². The average Bonchev–Trinajstić information content (AvgIpc) is 2.42. The first-order valence-electron chi connectivity index (χ1n) is 6.67. The number of amides is 1. The maximum absolute atomic E-state index is 12.0. The molecule has 1 heterocycles. The van der Waals surface area contributed by atoms with Crippen molar-refractivity contribution in [3.8, 4) is 0 Å². The number of hydrogen-bond donors (Lipinski definition) is 2. The van der Waals surface area contributed by atoms with Crippen LogP contribution in [0.25, 0.3) is 0 Å². The van der Waals surface area contributed by atoms with Gasteiger partial charge in [-0.15, -0.1) is 24.2 Å². The molecule has 1 aliphatic rings. The maximum Gasteiger partial charge on any atom is 0.230 e. The lowest BCUT2D eigenvalue weighted by atomic mass is 10.00. The van der Waals surface area contributed by atoms with E-state index in [2.05, 4.69) is 17.6 Å². The Morgan fingerprint density at radius 2 is 2.24 bits per heavy atom. The Bertz CT molecular complexity index is 487. The van der Waals surface area contributed by atoms with Gasteiger partial charge in [-0.1, -0.05) is 23.2 Å². The first-order chi connectivity index (χ1) is 9.56. The Kier molecular flexibility index (Phi) is 8.21. The smallest absolute Gasteiger partial charge is 0.230 e. The van der Waals surface area contributed by atoms with E-state index in [1.54, 1.807) is 18.2 Å². The molecular weight excluding hydrogens is 351 g/mol. The zero-order valence-electron chi connectivity index (χ0n) is 11.7. The van der Waals surface area contributed by atoms with Crippen molar-refractivity contribution in [2.24, 2.45) is 0 Å². The van der Waals surface area contributed by atoms with Gasteiger partial charge in [0.1, 0.15) is 0 Å². The van der Waals surface area contributed by atoms with E-state index in [4.69, 9.17) is 23.2 Å². The number of thioether (sulfide) groups is 1. The summed E-state index contributed by atoms with van der Waals surface area (Å²) >= 11 is 13.4. The summed E-state index contributed by atoms with van der Waals surface area (Å²) in [5, 5.41) is 7.69. The summed E-state index contributed by atoms with van der Waals surface area (Å²) in [6.45, 7) is 3.13. The Hall–Kier alpha value is -0.130. The van der Waals surface area contributed by atoms with E-state index in [0.717, 1.165) is 24.3 Å². The number of carbonyl (C=O) groups is 1. The zero-order chi connectivity index (χ0) is 14.5. The molecule has 0 spiro atoms. The molecule has 1 fully saturated rings. The lowest BCUT2D eigenvalue weighted by Crippen LogP contribution is -2.52. The molecular formula is C14H19Cl3N2OS. The minimum Gasteiger partial charge on any atom is -0.351 e. The Morgan fingerprint density at radius 1 is 1.48 bits per heavy atom. The van der Waals surface area contributed by atoms with Gasteiger partial charge in [0.25, 0.3) is 0 Å². The molecule has 2 N–H and O–H groups in total. The second-order valence-electron chi connectivity index (χ2n) is 4.92. The van der Waals surface area contributed by atoms with Crippen LogP contribution in [0.5, 0.6) is 0 Å². The van der Waals surface area contributed by atoms with Crippen molar-refractivity contribution < 1.29 is 4.79 Å². The largest absolute Gasteiger partial charge is 0.351 e. The number of piperidine rings is 1. The quantitative estimate of drug-likeness (QED) is 0.794. The SMILES string of the molecule is CC1NCCCC1NC(=O)CSc1cc(Cl)ccc1Cl.Cl. The fourth-order valence-electron chi connectivity index (χ4n) is 2.22. The summed E-state index contributed by atoms with van der Waals surface area (Å²) in [6.07, 6.45) is 2.13. The predicted molar refractivity (Wildman–Crippen MR) is 93.1 cm³/mol. The highest BCUT2D eigenvalue weighted by Crippen LogP contribution is 2.29. The molecule has 2 atom stereocenters. The van der Waals surface area contributed by atoms with Crippen LogP contribution >= 0.6 is 47.4 Å². The van der Waals surface area contributed by atoms with Gasteiger partial charge in [-0.25, -0.2) is 0 Å². The molecule has 1 aromatic carbocycles. The van der Waals surface area contributed by atoms with Crippen LogP contribution in [0, 0.1) is 0 Å². The minimum absolute atomic E-state index is 0. The van der Waals surface area contributed by atoms with E-state index in [9.17, 15) is 4.79 Å². The predicted octanol–water partition coefficient (Wildman–Crippen LogP) is 3.76. The van der Waals surface area contributed by atoms with Crippen molar-refractivity contribution in [3.05, 3.63) is 28.2 Å². The van der Waals surface area contributed by atoms with Gasteiger partial charge in [0.05, 0.1) is 10.8 Å². The second-order valence-corrected chi connectivity index (χ2v) is 6.78. The molecule has 0 aromatic heterocycles. The summed E-state index contributed by atoms with van der Waals surface area (Å²) in [5.41, 5.74) is 0. The van der Waals surface area contributed by atoms with Crippen molar-refractivity contribution in [3.63, 3.8) is 0 Å². The van der Waals surface area contributed by atoms with Crippen LogP contribution in [-0.2, 0) is 4.79 Å². The summed E-state index contributed by atoms with van der Waals surface area (Å²) in [6, 6.07) is 5.81. The highest BCUT2D eigenvalue weighted by atomic mass is 35.5. The fourth-order valence-corrected chi connectivity index (χ4v) is 3.52. The minimum atomic E-state index is 0. The molecule has 21 heavy (non-hydrogen) atoms. The molecule has 0 saturated carbocycles. The van der Waals surface area contributed by atoms with Gasteiger partial charge in [-0.05, 0) is 44.5 Å². The normalized spacial score (nSPS) is 21.5. The Balaban J connectivity index is 0.00000220. The van der Waals surface area contributed by atoms with Crippen LogP contribution in [0.1, 0.15) is 19.8 Å². The summed E-state index contributed by atoms with van der Waals surface area (Å²) in [4.78, 5) is 12.8. The Labute approximate surface area is 145 Å². The molecule has 2 rings (SSSR count). The molecule has 1 amide bonds. The van der Waals surface area contributed by atoms with Gasteiger partial charge >= 0.3 is 0 Å². The van der Waals surface area contributed by atoms with Crippen LogP contribution in [0.2, 0.25) is 10.0 Å². The molecule has 1 aliphatic heterocycles. The van der Waals surface area contributed by atoms with E-state index in [1.165, 1.54) is 11.8 Å². The lowest BCUT2D eigenvalue weighted by molar-refractivity contribution is -0.119. The summed E-state index contributed by atoms with van der Waals surface area (Å²) in [7, 11) is 0. The Morgan fingerprint density at radius 3 is 2.95 bits per heavy atom. The average molecular weight is 370 g/mol. The van der Waals surface area contributed by atoms with Crippen LogP contribution < -0.4 is 10.6 Å². The van der Waals surface area contributed by atoms with Gasteiger partial charge < -0.3 is 10.6 Å². The molecule has 1 aromatic rings. The number of benzene rings is 1. The van der Waals surface area contributed by atoms with Gasteiger partial charge in [0.2, 0.25) is 5.91 Å². The standard InChI is InChI=1S/C14H18Cl2N2OS.ClH/c1-9-12(3-2-6-17-9)18-14(19)8-20-13-7-10(15)4-5-11(13)16;/h4-5,7,9,12,17H,2-3,6,8H2,1H3,(H,18,19);1H. The highest BCUT2D eigenvalue weighted by Gasteiger charge is 2.22. The molecule has 3 nitrogen and oxygen atoms in total. The topological polar surface area (TPSA) is 41.1 Å².